The normalized spacial score (nSPS) is 18.5. The van der Waals surface area contributed by atoms with Crippen LogP contribution in [0.25, 0.3) is 0 Å². The summed E-state index contributed by atoms with van der Waals surface area (Å²) in [6.45, 7) is 5.92. The highest BCUT2D eigenvalue weighted by atomic mass is 79.9. The second-order valence-electron chi connectivity index (χ2n) is 4.90. The van der Waals surface area contributed by atoms with Crippen LogP contribution in [0, 0.1) is 12.3 Å². The van der Waals surface area contributed by atoms with E-state index in [2.05, 4.69) is 39.6 Å². The van der Waals surface area contributed by atoms with Gasteiger partial charge in [0.1, 0.15) is 0 Å². The molecule has 0 spiro atoms. The van der Waals surface area contributed by atoms with Crippen molar-refractivity contribution in [3.05, 3.63) is 15.9 Å². The van der Waals surface area contributed by atoms with Gasteiger partial charge in [0.05, 0.1) is 15.9 Å². The third kappa shape index (κ3) is 1.93. The Hall–Kier alpha value is -0.350. The SMILES string of the molecule is CCn1nc(C)c(Br)c1CC1(CN)CCC1. The monoisotopic (exact) mass is 285 g/mol. The summed E-state index contributed by atoms with van der Waals surface area (Å²) in [5.41, 5.74) is 8.68. The van der Waals surface area contributed by atoms with Crippen molar-refractivity contribution in [2.45, 2.75) is 46.1 Å². The van der Waals surface area contributed by atoms with E-state index in [9.17, 15) is 0 Å². The standard InChI is InChI=1S/C12H20BrN3/c1-3-16-10(11(13)9(2)15-16)7-12(8-14)5-4-6-12/h3-8,14H2,1-2H3. The van der Waals surface area contributed by atoms with Crippen LogP contribution in [-0.4, -0.2) is 16.3 Å². The third-order valence-electron chi connectivity index (χ3n) is 3.84. The molecule has 90 valence electrons. The van der Waals surface area contributed by atoms with Gasteiger partial charge >= 0.3 is 0 Å². The molecule has 0 amide bonds. The third-order valence-corrected chi connectivity index (χ3v) is 4.87. The quantitative estimate of drug-likeness (QED) is 0.924. The Labute approximate surface area is 106 Å². The lowest BCUT2D eigenvalue weighted by molar-refractivity contribution is 0.141. The maximum absolute atomic E-state index is 5.92. The molecule has 1 aromatic rings. The van der Waals surface area contributed by atoms with E-state index in [1.165, 1.54) is 29.4 Å². The number of aromatic nitrogens is 2. The number of hydrogen-bond acceptors (Lipinski definition) is 2. The Morgan fingerprint density at radius 2 is 2.19 bits per heavy atom. The topological polar surface area (TPSA) is 43.8 Å². The molecule has 0 aliphatic heterocycles. The van der Waals surface area contributed by atoms with Gasteiger partial charge in [-0.25, -0.2) is 0 Å². The molecule has 0 atom stereocenters. The van der Waals surface area contributed by atoms with Gasteiger partial charge in [0.2, 0.25) is 0 Å². The molecule has 1 aliphatic rings. The molecule has 1 aliphatic carbocycles. The predicted octanol–water partition coefficient (Wildman–Crippen LogP) is 2.65. The first-order chi connectivity index (χ1) is 7.62. The summed E-state index contributed by atoms with van der Waals surface area (Å²) in [6.07, 6.45) is 4.93. The molecule has 16 heavy (non-hydrogen) atoms. The van der Waals surface area contributed by atoms with Gasteiger partial charge in [-0.15, -0.1) is 0 Å². The first-order valence-corrected chi connectivity index (χ1v) is 6.83. The molecule has 0 bridgehead atoms. The van der Waals surface area contributed by atoms with Gasteiger partial charge in [-0.1, -0.05) is 6.42 Å². The van der Waals surface area contributed by atoms with Crippen molar-refractivity contribution in [3.8, 4) is 0 Å². The smallest absolute Gasteiger partial charge is 0.0738 e. The van der Waals surface area contributed by atoms with Gasteiger partial charge in [0.15, 0.2) is 0 Å². The number of halogens is 1. The Morgan fingerprint density at radius 1 is 1.50 bits per heavy atom. The van der Waals surface area contributed by atoms with Crippen LogP contribution < -0.4 is 5.73 Å². The van der Waals surface area contributed by atoms with Crippen molar-refractivity contribution in [1.82, 2.24) is 9.78 Å². The van der Waals surface area contributed by atoms with E-state index < -0.39 is 0 Å². The van der Waals surface area contributed by atoms with E-state index in [1.807, 2.05) is 0 Å². The van der Waals surface area contributed by atoms with Crippen LogP contribution in [0.5, 0.6) is 0 Å². The molecular formula is C12H20BrN3. The molecule has 0 unspecified atom stereocenters. The minimum Gasteiger partial charge on any atom is -0.330 e. The number of nitrogens with two attached hydrogens (primary N) is 1. The Balaban J connectivity index is 2.26. The number of nitrogens with zero attached hydrogens (tertiary/aromatic N) is 2. The number of hydrogen-bond donors (Lipinski definition) is 1. The Morgan fingerprint density at radius 3 is 2.62 bits per heavy atom. The molecule has 3 nitrogen and oxygen atoms in total. The van der Waals surface area contributed by atoms with E-state index in [0.29, 0.717) is 5.41 Å². The molecule has 0 saturated heterocycles. The summed E-state index contributed by atoms with van der Waals surface area (Å²) in [6, 6.07) is 0. The number of aryl methyl sites for hydroxylation is 2. The summed E-state index contributed by atoms with van der Waals surface area (Å²) in [7, 11) is 0. The summed E-state index contributed by atoms with van der Waals surface area (Å²) in [5.74, 6) is 0. The second kappa shape index (κ2) is 4.49. The van der Waals surface area contributed by atoms with Gasteiger partial charge in [0, 0.05) is 6.54 Å². The molecule has 2 rings (SSSR count). The van der Waals surface area contributed by atoms with Crippen LogP contribution in [0.15, 0.2) is 4.47 Å². The van der Waals surface area contributed by atoms with Gasteiger partial charge in [-0.3, -0.25) is 4.68 Å². The molecular weight excluding hydrogens is 266 g/mol. The maximum Gasteiger partial charge on any atom is 0.0738 e. The van der Waals surface area contributed by atoms with Crippen molar-refractivity contribution < 1.29 is 0 Å². The van der Waals surface area contributed by atoms with Crippen molar-refractivity contribution in [2.24, 2.45) is 11.1 Å². The van der Waals surface area contributed by atoms with E-state index in [0.717, 1.165) is 25.2 Å². The lowest BCUT2D eigenvalue weighted by Gasteiger charge is -2.41. The first-order valence-electron chi connectivity index (χ1n) is 6.04. The van der Waals surface area contributed by atoms with Crippen LogP contribution in [0.4, 0.5) is 0 Å². The minimum atomic E-state index is 0.349. The lowest BCUT2D eigenvalue weighted by atomic mass is 9.66. The van der Waals surface area contributed by atoms with Crippen LogP contribution in [0.2, 0.25) is 0 Å². The molecule has 0 aromatic carbocycles. The van der Waals surface area contributed by atoms with E-state index in [-0.39, 0.29) is 0 Å². The van der Waals surface area contributed by atoms with Crippen molar-refractivity contribution >= 4 is 15.9 Å². The highest BCUT2D eigenvalue weighted by molar-refractivity contribution is 9.10. The lowest BCUT2D eigenvalue weighted by Crippen LogP contribution is -2.39. The fourth-order valence-electron chi connectivity index (χ4n) is 2.52. The van der Waals surface area contributed by atoms with Crippen LogP contribution in [0.3, 0.4) is 0 Å². The highest BCUT2D eigenvalue weighted by Gasteiger charge is 2.37. The molecule has 1 aromatic heterocycles. The van der Waals surface area contributed by atoms with Crippen LogP contribution >= 0.6 is 15.9 Å². The minimum absolute atomic E-state index is 0.349. The zero-order valence-corrected chi connectivity index (χ0v) is 11.7. The van der Waals surface area contributed by atoms with Gasteiger partial charge < -0.3 is 5.73 Å². The molecule has 1 saturated carbocycles. The first kappa shape index (κ1) is 12.1. The summed E-state index contributed by atoms with van der Waals surface area (Å²) in [5, 5.41) is 4.53. The summed E-state index contributed by atoms with van der Waals surface area (Å²) < 4.78 is 3.28. The van der Waals surface area contributed by atoms with Crippen LogP contribution in [-0.2, 0) is 13.0 Å². The zero-order chi connectivity index (χ0) is 11.8. The molecule has 1 heterocycles. The van der Waals surface area contributed by atoms with E-state index >= 15 is 0 Å². The van der Waals surface area contributed by atoms with Gasteiger partial charge in [-0.05, 0) is 61.0 Å². The van der Waals surface area contributed by atoms with Crippen LogP contribution in [0.1, 0.15) is 37.6 Å². The molecule has 2 N–H and O–H groups in total. The average Bonchev–Trinajstić information content (AvgIpc) is 2.50. The van der Waals surface area contributed by atoms with E-state index in [4.69, 9.17) is 5.73 Å². The second-order valence-corrected chi connectivity index (χ2v) is 5.69. The summed E-state index contributed by atoms with van der Waals surface area (Å²) >= 11 is 3.65. The van der Waals surface area contributed by atoms with E-state index in [1.54, 1.807) is 0 Å². The van der Waals surface area contributed by atoms with Crippen molar-refractivity contribution in [1.29, 1.82) is 0 Å². The number of rotatable bonds is 4. The van der Waals surface area contributed by atoms with Gasteiger partial charge in [-0.2, -0.15) is 5.10 Å². The Bertz CT molecular complexity index is 374. The molecule has 4 heteroatoms. The largest absolute Gasteiger partial charge is 0.330 e. The average molecular weight is 286 g/mol. The van der Waals surface area contributed by atoms with Crippen molar-refractivity contribution in [3.63, 3.8) is 0 Å². The highest BCUT2D eigenvalue weighted by Crippen LogP contribution is 2.43. The van der Waals surface area contributed by atoms with Crippen molar-refractivity contribution in [2.75, 3.05) is 6.54 Å². The molecule has 0 radical (unpaired) electrons. The predicted molar refractivity (Wildman–Crippen MR) is 69.4 cm³/mol. The summed E-state index contributed by atoms with van der Waals surface area (Å²) in [4.78, 5) is 0. The van der Waals surface area contributed by atoms with Gasteiger partial charge in [0.25, 0.3) is 0 Å². The Kier molecular flexibility index (Phi) is 3.40. The fraction of sp³-hybridized carbons (Fsp3) is 0.750. The molecule has 1 fully saturated rings. The fourth-order valence-corrected chi connectivity index (χ4v) is 2.95. The maximum atomic E-state index is 5.92. The zero-order valence-electron chi connectivity index (χ0n) is 10.1.